The molecule has 0 aliphatic heterocycles. The van der Waals surface area contributed by atoms with Crippen LogP contribution in [0, 0.1) is 6.92 Å². The van der Waals surface area contributed by atoms with Gasteiger partial charge < -0.3 is 10.5 Å². The maximum Gasteiger partial charge on any atom is 0.281 e. The molecule has 1 heterocycles. The third kappa shape index (κ3) is 2.03. The van der Waals surface area contributed by atoms with Crippen molar-refractivity contribution in [3.63, 3.8) is 0 Å². The van der Waals surface area contributed by atoms with E-state index in [9.17, 15) is 13.6 Å². The van der Waals surface area contributed by atoms with Gasteiger partial charge in [0.05, 0.1) is 7.11 Å². The van der Waals surface area contributed by atoms with Gasteiger partial charge in [-0.05, 0) is 6.92 Å². The highest BCUT2D eigenvalue weighted by atomic mass is 19.3. The quantitative estimate of drug-likeness (QED) is 0.831. The Hall–Kier alpha value is -1.72. The van der Waals surface area contributed by atoms with Gasteiger partial charge in [-0.15, -0.1) is 0 Å². The van der Waals surface area contributed by atoms with Gasteiger partial charge in [-0.2, -0.15) is 0 Å². The van der Waals surface area contributed by atoms with E-state index >= 15 is 0 Å². The number of amides is 1. The van der Waals surface area contributed by atoms with Gasteiger partial charge >= 0.3 is 0 Å². The first-order chi connectivity index (χ1) is 6.99. The first-order valence-corrected chi connectivity index (χ1v) is 4.10. The highest BCUT2D eigenvalue weighted by Gasteiger charge is 2.23. The molecule has 0 unspecified atom stereocenters. The smallest absolute Gasteiger partial charge is 0.281 e. The molecule has 1 amide bonds. The maximum absolute atomic E-state index is 12.5. The van der Waals surface area contributed by atoms with Gasteiger partial charge in [0.1, 0.15) is 17.0 Å². The molecule has 0 spiro atoms. The van der Waals surface area contributed by atoms with Crippen LogP contribution in [0.1, 0.15) is 28.0 Å². The summed E-state index contributed by atoms with van der Waals surface area (Å²) in [5.74, 6) is -0.925. The van der Waals surface area contributed by atoms with Crippen LogP contribution in [0.15, 0.2) is 6.20 Å². The van der Waals surface area contributed by atoms with E-state index in [1.54, 1.807) is 6.92 Å². The number of nitrogens with zero attached hydrogens (tertiary/aromatic N) is 1. The third-order valence-corrected chi connectivity index (χ3v) is 1.90. The zero-order valence-corrected chi connectivity index (χ0v) is 8.25. The highest BCUT2D eigenvalue weighted by Crippen LogP contribution is 2.30. The van der Waals surface area contributed by atoms with E-state index in [4.69, 9.17) is 10.5 Å². The molecule has 0 fully saturated rings. The minimum atomic E-state index is -2.86. The number of pyridine rings is 1. The van der Waals surface area contributed by atoms with Crippen LogP contribution in [0.25, 0.3) is 0 Å². The van der Waals surface area contributed by atoms with Crippen molar-refractivity contribution < 1.29 is 18.3 Å². The van der Waals surface area contributed by atoms with E-state index < -0.39 is 18.0 Å². The second-order valence-corrected chi connectivity index (χ2v) is 2.90. The number of primary amides is 1. The Kier molecular flexibility index (Phi) is 3.18. The molecule has 0 saturated heterocycles. The standard InChI is InChI=1S/C9H10F2N2O2/c1-4-3-13-6(8(10)11)5(9(12)14)7(4)15-2/h3,8H,1-2H3,(H2,12,14). The average Bonchev–Trinajstić information content (AvgIpc) is 2.16. The number of hydrogen-bond acceptors (Lipinski definition) is 3. The van der Waals surface area contributed by atoms with Crippen molar-refractivity contribution in [3.8, 4) is 5.75 Å². The first kappa shape index (κ1) is 11.4. The molecule has 0 bridgehead atoms. The van der Waals surface area contributed by atoms with Crippen molar-refractivity contribution in [2.75, 3.05) is 7.11 Å². The summed E-state index contributed by atoms with van der Waals surface area (Å²) in [5.41, 5.74) is 4.49. The SMILES string of the molecule is COc1c(C)cnc(C(F)F)c1C(N)=O. The van der Waals surface area contributed by atoms with Crippen molar-refractivity contribution in [2.45, 2.75) is 13.3 Å². The van der Waals surface area contributed by atoms with Crippen LogP contribution >= 0.6 is 0 Å². The molecule has 0 aliphatic rings. The molecule has 0 aromatic carbocycles. The fourth-order valence-corrected chi connectivity index (χ4v) is 1.27. The Bertz CT molecular complexity index is 394. The van der Waals surface area contributed by atoms with Crippen LogP contribution in [-0.2, 0) is 0 Å². The molecular weight excluding hydrogens is 206 g/mol. The first-order valence-electron chi connectivity index (χ1n) is 4.10. The summed E-state index contributed by atoms with van der Waals surface area (Å²) in [5, 5.41) is 0. The lowest BCUT2D eigenvalue weighted by molar-refractivity contribution is 0.0978. The molecule has 0 radical (unpaired) electrons. The minimum absolute atomic E-state index is 0.0489. The number of alkyl halides is 2. The van der Waals surface area contributed by atoms with Gasteiger partial charge in [0.15, 0.2) is 0 Å². The van der Waals surface area contributed by atoms with Crippen LogP contribution in [0.2, 0.25) is 0 Å². The molecular formula is C9H10F2N2O2. The number of carbonyl (C=O) groups is 1. The summed E-state index contributed by atoms with van der Waals surface area (Å²) >= 11 is 0. The number of aromatic nitrogens is 1. The van der Waals surface area contributed by atoms with Crippen LogP contribution in [-0.4, -0.2) is 18.0 Å². The summed E-state index contributed by atoms with van der Waals surface area (Å²) in [7, 11) is 1.28. The van der Waals surface area contributed by atoms with Gasteiger partial charge in [-0.1, -0.05) is 0 Å². The lowest BCUT2D eigenvalue weighted by atomic mass is 10.1. The Balaban J connectivity index is 3.49. The Labute approximate surface area is 85.1 Å². The molecule has 1 aromatic rings. The zero-order valence-electron chi connectivity index (χ0n) is 8.25. The number of halogens is 2. The van der Waals surface area contributed by atoms with Crippen LogP contribution in [0.5, 0.6) is 5.75 Å². The van der Waals surface area contributed by atoms with Crippen molar-refractivity contribution in [1.29, 1.82) is 0 Å². The van der Waals surface area contributed by atoms with Crippen molar-refractivity contribution in [1.82, 2.24) is 4.98 Å². The van der Waals surface area contributed by atoms with E-state index in [1.807, 2.05) is 0 Å². The van der Waals surface area contributed by atoms with E-state index in [0.29, 0.717) is 5.56 Å². The normalized spacial score (nSPS) is 10.5. The van der Waals surface area contributed by atoms with Gasteiger partial charge in [-0.25, -0.2) is 8.78 Å². The predicted octanol–water partition coefficient (Wildman–Crippen LogP) is 1.44. The molecule has 1 aromatic heterocycles. The molecule has 0 atom stereocenters. The number of nitrogens with two attached hydrogens (primary N) is 1. The van der Waals surface area contributed by atoms with Crippen molar-refractivity contribution >= 4 is 5.91 Å². The van der Waals surface area contributed by atoms with E-state index in [-0.39, 0.29) is 11.3 Å². The number of methoxy groups -OCH3 is 1. The van der Waals surface area contributed by atoms with Crippen molar-refractivity contribution in [3.05, 3.63) is 23.0 Å². The fourth-order valence-electron chi connectivity index (χ4n) is 1.27. The summed E-state index contributed by atoms with van der Waals surface area (Å²) in [6.45, 7) is 1.59. The van der Waals surface area contributed by atoms with Gasteiger partial charge in [0.2, 0.25) is 0 Å². The Morgan fingerprint density at radius 1 is 1.60 bits per heavy atom. The monoisotopic (exact) mass is 216 g/mol. The van der Waals surface area contributed by atoms with Gasteiger partial charge in [-0.3, -0.25) is 9.78 Å². The number of rotatable bonds is 3. The second-order valence-electron chi connectivity index (χ2n) is 2.90. The summed E-state index contributed by atoms with van der Waals surface area (Å²) in [6.07, 6.45) is -1.64. The molecule has 1 rings (SSSR count). The molecule has 15 heavy (non-hydrogen) atoms. The lowest BCUT2D eigenvalue weighted by Gasteiger charge is -2.11. The molecule has 4 nitrogen and oxygen atoms in total. The average molecular weight is 216 g/mol. The maximum atomic E-state index is 12.5. The van der Waals surface area contributed by atoms with Crippen LogP contribution in [0.4, 0.5) is 8.78 Å². The molecule has 6 heteroatoms. The number of ether oxygens (including phenoxy) is 1. The summed E-state index contributed by atoms with van der Waals surface area (Å²) < 4.78 is 29.9. The molecule has 0 saturated carbocycles. The zero-order chi connectivity index (χ0) is 11.6. The topological polar surface area (TPSA) is 65.2 Å². The number of aryl methyl sites for hydroxylation is 1. The van der Waals surface area contributed by atoms with E-state index in [0.717, 1.165) is 0 Å². The van der Waals surface area contributed by atoms with Crippen LogP contribution in [0.3, 0.4) is 0 Å². The predicted molar refractivity (Wildman–Crippen MR) is 49.0 cm³/mol. The Morgan fingerprint density at radius 2 is 2.20 bits per heavy atom. The van der Waals surface area contributed by atoms with Gasteiger partial charge in [0.25, 0.3) is 12.3 Å². The highest BCUT2D eigenvalue weighted by molar-refractivity contribution is 5.97. The summed E-state index contributed by atoms with van der Waals surface area (Å²) in [4.78, 5) is 14.5. The summed E-state index contributed by atoms with van der Waals surface area (Å²) in [6, 6.07) is 0. The third-order valence-electron chi connectivity index (χ3n) is 1.90. The number of carbonyl (C=O) groups excluding carboxylic acids is 1. The fraction of sp³-hybridized carbons (Fsp3) is 0.333. The molecule has 2 N–H and O–H groups in total. The number of hydrogen-bond donors (Lipinski definition) is 1. The second kappa shape index (κ2) is 4.20. The van der Waals surface area contributed by atoms with E-state index in [1.165, 1.54) is 13.3 Å². The molecule has 0 aliphatic carbocycles. The van der Waals surface area contributed by atoms with Crippen molar-refractivity contribution in [2.24, 2.45) is 5.73 Å². The lowest BCUT2D eigenvalue weighted by Crippen LogP contribution is -2.17. The largest absolute Gasteiger partial charge is 0.496 e. The minimum Gasteiger partial charge on any atom is -0.496 e. The Morgan fingerprint density at radius 3 is 2.60 bits per heavy atom. The van der Waals surface area contributed by atoms with E-state index in [2.05, 4.69) is 4.98 Å². The molecule has 82 valence electrons. The van der Waals surface area contributed by atoms with Gasteiger partial charge in [0, 0.05) is 11.8 Å². The van der Waals surface area contributed by atoms with Crippen LogP contribution < -0.4 is 10.5 Å².